The largest absolute Gasteiger partial charge is 0.454 e. The first-order chi connectivity index (χ1) is 41.2. The van der Waals surface area contributed by atoms with Crippen molar-refractivity contribution in [2.24, 2.45) is 0 Å². The standard InChI is InChI=1S/C73H129NO10/c1-4-7-10-13-16-19-22-25-27-29-31-33-34-35-37-39-41-43-46-49-52-55-58-61-68(78)84-71-70(80)69(79)67(62-75)83-73(71)82-63-64(65(76)59-56-53-50-47-44-24-21-18-15-12-9-6-3)74-72(81)66(77)60-57-54-51-48-45-42-40-38-36-32-30-28-26-23-20-17-14-11-8-5-2/h8,11,17,20,26,28,32,36,40,42,48,51,56,59,64-67,69-71,73,75-77,79-80H,4-7,9-10,12-16,18-19,21-25,27,29-31,33-35,37-39,41,43-47,49-50,52-55,57-58,60-63H2,1-3H3,(H,74,81)/b11-8-,20-17-,28-26-,36-32-,42-40-,51-48-,59-56+. The highest BCUT2D eigenvalue weighted by Crippen LogP contribution is 2.26. The van der Waals surface area contributed by atoms with Crippen molar-refractivity contribution in [2.75, 3.05) is 13.2 Å². The molecule has 84 heavy (non-hydrogen) atoms. The second kappa shape index (κ2) is 60.1. The van der Waals surface area contributed by atoms with Crippen molar-refractivity contribution in [2.45, 2.75) is 352 Å². The molecule has 0 radical (unpaired) electrons. The van der Waals surface area contributed by atoms with E-state index in [2.05, 4.69) is 92.9 Å². The van der Waals surface area contributed by atoms with Gasteiger partial charge in [0.25, 0.3) is 0 Å². The maximum atomic E-state index is 13.4. The lowest BCUT2D eigenvalue weighted by atomic mass is 9.99. The molecule has 0 aromatic heterocycles. The first-order valence-electron chi connectivity index (χ1n) is 34.9. The number of aliphatic hydroxyl groups is 5. The lowest BCUT2D eigenvalue weighted by Crippen LogP contribution is -2.61. The number of hydrogen-bond acceptors (Lipinski definition) is 10. The summed E-state index contributed by atoms with van der Waals surface area (Å²) in [7, 11) is 0. The van der Waals surface area contributed by atoms with E-state index in [4.69, 9.17) is 14.2 Å². The smallest absolute Gasteiger partial charge is 0.306 e. The average molecular weight is 1180 g/mol. The summed E-state index contributed by atoms with van der Waals surface area (Å²) in [5.41, 5.74) is 0. The summed E-state index contributed by atoms with van der Waals surface area (Å²) in [5, 5.41) is 57.1. The molecule has 8 atom stereocenters. The molecule has 8 unspecified atom stereocenters. The first kappa shape index (κ1) is 78.9. The lowest BCUT2D eigenvalue weighted by molar-refractivity contribution is -0.305. The van der Waals surface area contributed by atoms with Crippen LogP contribution in [0.4, 0.5) is 0 Å². The van der Waals surface area contributed by atoms with E-state index in [1.807, 2.05) is 12.2 Å². The number of rotatable bonds is 59. The minimum absolute atomic E-state index is 0.119. The number of allylic oxidation sites excluding steroid dienone is 13. The van der Waals surface area contributed by atoms with Crippen molar-refractivity contribution in [3.63, 3.8) is 0 Å². The third-order valence-electron chi connectivity index (χ3n) is 16.1. The van der Waals surface area contributed by atoms with E-state index in [0.717, 1.165) is 83.5 Å². The van der Waals surface area contributed by atoms with Crippen LogP contribution in [0.1, 0.15) is 303 Å². The Kier molecular flexibility index (Phi) is 56.5. The minimum Gasteiger partial charge on any atom is -0.454 e. The predicted molar refractivity (Wildman–Crippen MR) is 352 cm³/mol. The molecule has 1 aliphatic heterocycles. The maximum Gasteiger partial charge on any atom is 0.306 e. The number of unbranched alkanes of at least 4 members (excludes halogenated alkanes) is 33. The SMILES string of the molecule is CC/C=C\C/C=C\C/C=C\C/C=C\C/C=C\C/C=C\CCCC(O)C(=O)NC(COC1OC(CO)C(O)C(O)C1OC(=O)CCCCCCCCCCCCCCCCCCCCCCCCC)C(O)/C=C/CCCCCCCCCCCC. The third kappa shape index (κ3) is 47.0. The molecule has 1 heterocycles. The molecule has 1 aliphatic rings. The summed E-state index contributed by atoms with van der Waals surface area (Å²) >= 11 is 0. The fourth-order valence-electron chi connectivity index (χ4n) is 10.6. The molecule has 1 rings (SSSR count). The highest BCUT2D eigenvalue weighted by molar-refractivity contribution is 5.80. The van der Waals surface area contributed by atoms with Gasteiger partial charge < -0.3 is 45.1 Å². The van der Waals surface area contributed by atoms with Crippen molar-refractivity contribution in [3.8, 4) is 0 Å². The van der Waals surface area contributed by atoms with Crippen LogP contribution in [0.15, 0.2) is 85.1 Å². The first-order valence-corrected chi connectivity index (χ1v) is 34.9. The zero-order chi connectivity index (χ0) is 61.0. The third-order valence-corrected chi connectivity index (χ3v) is 16.1. The molecule has 11 heteroatoms. The van der Waals surface area contributed by atoms with Crippen LogP contribution in [0.5, 0.6) is 0 Å². The van der Waals surface area contributed by atoms with Crippen molar-refractivity contribution in [1.82, 2.24) is 5.32 Å². The number of amides is 1. The van der Waals surface area contributed by atoms with E-state index >= 15 is 0 Å². The van der Waals surface area contributed by atoms with Gasteiger partial charge in [-0.25, -0.2) is 0 Å². The van der Waals surface area contributed by atoms with Gasteiger partial charge in [0.1, 0.15) is 24.4 Å². The van der Waals surface area contributed by atoms with Crippen molar-refractivity contribution >= 4 is 11.9 Å². The van der Waals surface area contributed by atoms with Crippen LogP contribution in [-0.4, -0.2) is 99.6 Å². The molecule has 0 spiro atoms. The molecule has 0 aliphatic carbocycles. The number of esters is 1. The van der Waals surface area contributed by atoms with Gasteiger partial charge in [-0.3, -0.25) is 9.59 Å². The van der Waals surface area contributed by atoms with Crippen molar-refractivity contribution in [3.05, 3.63) is 85.1 Å². The number of hydrogen-bond donors (Lipinski definition) is 6. The Morgan fingerprint density at radius 3 is 1.27 bits per heavy atom. The van der Waals surface area contributed by atoms with Gasteiger partial charge in [0.05, 0.1) is 25.4 Å². The Balaban J connectivity index is 2.62. The van der Waals surface area contributed by atoms with Gasteiger partial charge in [-0.05, 0) is 77.0 Å². The van der Waals surface area contributed by atoms with Crippen molar-refractivity contribution in [1.29, 1.82) is 0 Å². The van der Waals surface area contributed by atoms with Crippen LogP contribution in [0.25, 0.3) is 0 Å². The van der Waals surface area contributed by atoms with Gasteiger partial charge in [0, 0.05) is 6.42 Å². The fourth-order valence-corrected chi connectivity index (χ4v) is 10.6. The summed E-state index contributed by atoms with van der Waals surface area (Å²) in [6, 6.07) is -1.05. The van der Waals surface area contributed by atoms with E-state index in [0.29, 0.717) is 19.3 Å². The molecule has 486 valence electrons. The van der Waals surface area contributed by atoms with Crippen LogP contribution in [0, 0.1) is 0 Å². The van der Waals surface area contributed by atoms with Gasteiger partial charge in [0.15, 0.2) is 12.4 Å². The summed E-state index contributed by atoms with van der Waals surface area (Å²) < 4.78 is 17.7. The maximum absolute atomic E-state index is 13.4. The Morgan fingerprint density at radius 2 is 0.857 bits per heavy atom. The molecular weight excluding hydrogens is 1050 g/mol. The average Bonchev–Trinajstić information content (AvgIpc) is 3.52. The summed E-state index contributed by atoms with van der Waals surface area (Å²) in [4.78, 5) is 26.6. The van der Waals surface area contributed by atoms with E-state index in [1.54, 1.807) is 6.08 Å². The predicted octanol–water partition coefficient (Wildman–Crippen LogP) is 17.7. The van der Waals surface area contributed by atoms with Crippen LogP contribution in [-0.2, 0) is 23.8 Å². The second-order valence-electron chi connectivity index (χ2n) is 23.9. The van der Waals surface area contributed by atoms with Crippen LogP contribution >= 0.6 is 0 Å². The monoisotopic (exact) mass is 1180 g/mol. The molecular formula is C73H129NO10. The van der Waals surface area contributed by atoms with Crippen molar-refractivity contribution < 1.29 is 49.3 Å². The summed E-state index contributed by atoms with van der Waals surface area (Å²) in [5.74, 6) is -1.23. The summed E-state index contributed by atoms with van der Waals surface area (Å²) in [6.07, 6.45) is 69.2. The van der Waals surface area contributed by atoms with E-state index in [9.17, 15) is 35.1 Å². The number of carbonyl (C=O) groups excluding carboxylic acids is 2. The Hall–Kier alpha value is -3.16. The zero-order valence-corrected chi connectivity index (χ0v) is 54.0. The molecule has 0 aromatic carbocycles. The fraction of sp³-hybridized carbons (Fsp3) is 0.781. The molecule has 0 aromatic rings. The zero-order valence-electron chi connectivity index (χ0n) is 54.0. The normalized spacial score (nSPS) is 19.0. The van der Waals surface area contributed by atoms with Crippen LogP contribution in [0.2, 0.25) is 0 Å². The van der Waals surface area contributed by atoms with Gasteiger partial charge >= 0.3 is 5.97 Å². The molecule has 1 saturated heterocycles. The van der Waals surface area contributed by atoms with E-state index in [-0.39, 0.29) is 19.4 Å². The van der Waals surface area contributed by atoms with Gasteiger partial charge in [-0.1, -0.05) is 305 Å². The van der Waals surface area contributed by atoms with E-state index in [1.165, 1.54) is 167 Å². The lowest BCUT2D eigenvalue weighted by Gasteiger charge is -2.41. The topological polar surface area (TPSA) is 175 Å². The molecule has 0 bridgehead atoms. The molecule has 1 fully saturated rings. The second-order valence-corrected chi connectivity index (χ2v) is 23.9. The summed E-state index contributed by atoms with van der Waals surface area (Å²) in [6.45, 7) is 5.68. The van der Waals surface area contributed by atoms with Crippen LogP contribution < -0.4 is 5.32 Å². The minimum atomic E-state index is -1.62. The molecule has 6 N–H and O–H groups in total. The molecule has 1 amide bonds. The van der Waals surface area contributed by atoms with Gasteiger partial charge in [0.2, 0.25) is 5.91 Å². The van der Waals surface area contributed by atoms with Crippen LogP contribution in [0.3, 0.4) is 0 Å². The Morgan fingerprint density at radius 1 is 0.476 bits per heavy atom. The quantitative estimate of drug-likeness (QED) is 0.0195. The van der Waals surface area contributed by atoms with E-state index < -0.39 is 67.4 Å². The number of carbonyl (C=O) groups is 2. The van der Waals surface area contributed by atoms with Gasteiger partial charge in [-0.15, -0.1) is 0 Å². The van der Waals surface area contributed by atoms with Gasteiger partial charge in [-0.2, -0.15) is 0 Å². The number of nitrogens with one attached hydrogen (secondary N) is 1. The highest BCUT2D eigenvalue weighted by Gasteiger charge is 2.47. The highest BCUT2D eigenvalue weighted by atomic mass is 16.7. The Labute approximate surface area is 514 Å². The number of ether oxygens (including phenoxy) is 3. The number of aliphatic hydroxyl groups excluding tert-OH is 5. The molecule has 11 nitrogen and oxygen atoms in total. The molecule has 0 saturated carbocycles. The Bertz CT molecular complexity index is 1690.